The maximum absolute atomic E-state index is 11.5. The Labute approximate surface area is 96.1 Å². The van der Waals surface area contributed by atoms with Gasteiger partial charge in [0.2, 0.25) is 0 Å². The molecular weight excluding hydrogens is 230 g/mol. The van der Waals surface area contributed by atoms with Crippen LogP contribution in [-0.4, -0.2) is 30.7 Å². The zero-order chi connectivity index (χ0) is 12.8. The summed E-state index contributed by atoms with van der Waals surface area (Å²) in [6, 6.07) is 5.74. The molecule has 0 spiro atoms. The summed E-state index contributed by atoms with van der Waals surface area (Å²) in [5.74, 6) is -1.65. The first-order valence-electron chi connectivity index (χ1n) is 4.52. The Kier molecular flexibility index (Phi) is 4.15. The van der Waals surface area contributed by atoms with Gasteiger partial charge in [-0.1, -0.05) is 12.1 Å². The Hall–Kier alpha value is -2.44. The van der Waals surface area contributed by atoms with Gasteiger partial charge in [0.25, 0.3) is 0 Å². The second-order valence-corrected chi connectivity index (χ2v) is 2.93. The van der Waals surface area contributed by atoms with Gasteiger partial charge in [-0.15, -0.1) is 0 Å². The molecule has 0 N–H and O–H groups in total. The molecule has 0 unspecified atom stereocenters. The molecule has 0 aliphatic carbocycles. The van der Waals surface area contributed by atoms with Crippen molar-refractivity contribution in [3.8, 4) is 0 Å². The van der Waals surface area contributed by atoms with Crippen LogP contribution in [0.4, 0.5) is 0 Å². The van der Waals surface area contributed by atoms with Crippen LogP contribution in [0.15, 0.2) is 24.3 Å². The number of nitrogens with zero attached hydrogens (tertiary/aromatic N) is 1. The highest BCUT2D eigenvalue weighted by Gasteiger charge is 2.19. The third kappa shape index (κ3) is 3.26. The normalized spacial score (nSPS) is 9.47. The molecule has 0 fully saturated rings. The fourth-order valence-electron chi connectivity index (χ4n) is 1.14. The molecule has 0 aliphatic heterocycles. The molecule has 0 amide bonds. The van der Waals surface area contributed by atoms with E-state index in [0.29, 0.717) is 0 Å². The van der Waals surface area contributed by atoms with E-state index in [4.69, 9.17) is 0 Å². The minimum atomic E-state index is -0.950. The number of esters is 2. The number of hydrogen-bond donors (Lipinski definition) is 0. The van der Waals surface area contributed by atoms with E-state index in [2.05, 4.69) is 9.47 Å². The van der Waals surface area contributed by atoms with Gasteiger partial charge in [0, 0.05) is 0 Å². The molecule has 0 aliphatic rings. The summed E-state index contributed by atoms with van der Waals surface area (Å²) in [4.78, 5) is 32.0. The van der Waals surface area contributed by atoms with Gasteiger partial charge in [0.15, 0.2) is 0 Å². The topological polar surface area (TPSA) is 95.7 Å². The van der Waals surface area contributed by atoms with Crippen molar-refractivity contribution in [2.24, 2.45) is 0 Å². The summed E-state index contributed by atoms with van der Waals surface area (Å²) in [5, 5.41) is 10.0. The van der Waals surface area contributed by atoms with Crippen LogP contribution in [0.5, 0.6) is 0 Å². The van der Waals surface area contributed by atoms with Crippen LogP contribution >= 0.6 is 0 Å². The van der Waals surface area contributed by atoms with E-state index in [-0.39, 0.29) is 11.1 Å². The number of rotatable bonds is 4. The highest BCUT2D eigenvalue weighted by Crippen LogP contribution is 2.11. The van der Waals surface area contributed by atoms with Gasteiger partial charge >= 0.3 is 18.7 Å². The summed E-state index contributed by atoms with van der Waals surface area (Å²) in [5.41, 5.74) is -0.0652. The minimum Gasteiger partial charge on any atom is -0.465 e. The second kappa shape index (κ2) is 5.59. The Morgan fingerprint density at radius 3 is 2.24 bits per heavy atom. The second-order valence-electron chi connectivity index (χ2n) is 2.93. The molecule has 1 aromatic rings. The molecule has 0 aromatic heterocycles. The number of carbonyl (C=O) groups is 2. The molecule has 7 heteroatoms. The standard InChI is InChI=1S/C10H9NO6/c1-16-9(12)7-4-2-3-5-8(7)10(13)17-6-11(14)15/h2-5H,6H2,1H3. The number of benzene rings is 1. The Morgan fingerprint density at radius 2 is 1.76 bits per heavy atom. The molecule has 17 heavy (non-hydrogen) atoms. The number of nitro groups is 1. The van der Waals surface area contributed by atoms with Gasteiger partial charge in [0.05, 0.1) is 23.2 Å². The lowest BCUT2D eigenvalue weighted by molar-refractivity contribution is -0.517. The Balaban J connectivity index is 2.93. The van der Waals surface area contributed by atoms with E-state index in [0.717, 1.165) is 0 Å². The third-order valence-corrected chi connectivity index (χ3v) is 1.85. The molecule has 90 valence electrons. The number of carbonyl (C=O) groups excluding carboxylic acids is 2. The first kappa shape index (κ1) is 12.6. The van der Waals surface area contributed by atoms with Gasteiger partial charge in [-0.2, -0.15) is 0 Å². The van der Waals surface area contributed by atoms with Crippen LogP contribution in [0, 0.1) is 10.1 Å². The highest BCUT2D eigenvalue weighted by atomic mass is 16.7. The van der Waals surface area contributed by atoms with Gasteiger partial charge in [-0.05, 0) is 12.1 Å². The number of hydrogen-bond acceptors (Lipinski definition) is 6. The lowest BCUT2D eigenvalue weighted by Gasteiger charge is -2.05. The van der Waals surface area contributed by atoms with Crippen molar-refractivity contribution in [2.45, 2.75) is 0 Å². The zero-order valence-corrected chi connectivity index (χ0v) is 8.91. The molecule has 7 nitrogen and oxygen atoms in total. The van der Waals surface area contributed by atoms with E-state index in [1.54, 1.807) is 0 Å². The fourth-order valence-corrected chi connectivity index (χ4v) is 1.14. The van der Waals surface area contributed by atoms with Gasteiger partial charge in [-0.3, -0.25) is 10.1 Å². The number of methoxy groups -OCH3 is 1. The smallest absolute Gasteiger partial charge is 0.347 e. The van der Waals surface area contributed by atoms with E-state index >= 15 is 0 Å². The van der Waals surface area contributed by atoms with Crippen molar-refractivity contribution in [1.82, 2.24) is 0 Å². The summed E-state index contributed by atoms with van der Waals surface area (Å²) < 4.78 is 8.85. The predicted molar refractivity (Wildman–Crippen MR) is 55.1 cm³/mol. The molecule has 0 bridgehead atoms. The first-order valence-corrected chi connectivity index (χ1v) is 4.52. The Bertz CT molecular complexity index is 456. The molecule has 0 heterocycles. The Morgan fingerprint density at radius 1 is 1.24 bits per heavy atom. The minimum absolute atomic E-state index is 0.00310. The van der Waals surface area contributed by atoms with Crippen LogP contribution in [0.2, 0.25) is 0 Å². The van der Waals surface area contributed by atoms with Gasteiger partial charge in [-0.25, -0.2) is 9.59 Å². The lowest BCUT2D eigenvalue weighted by atomic mass is 10.1. The van der Waals surface area contributed by atoms with E-state index in [1.165, 1.54) is 31.4 Å². The van der Waals surface area contributed by atoms with Crippen LogP contribution in [0.3, 0.4) is 0 Å². The summed E-state index contributed by atoms with van der Waals surface area (Å²) in [6.07, 6.45) is 0. The maximum Gasteiger partial charge on any atom is 0.347 e. The molecule has 0 radical (unpaired) electrons. The van der Waals surface area contributed by atoms with Crippen molar-refractivity contribution >= 4 is 11.9 Å². The fraction of sp³-hybridized carbons (Fsp3) is 0.200. The monoisotopic (exact) mass is 239 g/mol. The summed E-state index contributed by atoms with van der Waals surface area (Å²) >= 11 is 0. The molecule has 1 aromatic carbocycles. The van der Waals surface area contributed by atoms with Crippen LogP contribution in [0.1, 0.15) is 20.7 Å². The van der Waals surface area contributed by atoms with Crippen LogP contribution in [0.25, 0.3) is 0 Å². The van der Waals surface area contributed by atoms with Crippen LogP contribution in [-0.2, 0) is 9.47 Å². The summed E-state index contributed by atoms with van der Waals surface area (Å²) in [6.45, 7) is -0.950. The number of ether oxygens (including phenoxy) is 2. The average Bonchev–Trinajstić information content (AvgIpc) is 2.34. The van der Waals surface area contributed by atoms with E-state index in [9.17, 15) is 19.7 Å². The van der Waals surface area contributed by atoms with Crippen molar-refractivity contribution in [3.63, 3.8) is 0 Å². The van der Waals surface area contributed by atoms with Gasteiger partial charge in [0.1, 0.15) is 0 Å². The SMILES string of the molecule is COC(=O)c1ccccc1C(=O)OC[N+](=O)[O-]. The molecule has 0 saturated carbocycles. The van der Waals surface area contributed by atoms with Crippen molar-refractivity contribution in [2.75, 3.05) is 13.8 Å². The van der Waals surface area contributed by atoms with Crippen molar-refractivity contribution in [3.05, 3.63) is 45.5 Å². The predicted octanol–water partition coefficient (Wildman–Crippen LogP) is 0.864. The highest BCUT2D eigenvalue weighted by molar-refractivity contribution is 6.03. The molecule has 1 rings (SSSR count). The lowest BCUT2D eigenvalue weighted by Crippen LogP contribution is -2.16. The largest absolute Gasteiger partial charge is 0.465 e. The quantitative estimate of drug-likeness (QED) is 0.334. The van der Waals surface area contributed by atoms with Crippen LogP contribution < -0.4 is 0 Å². The maximum atomic E-state index is 11.5. The summed E-state index contributed by atoms with van der Waals surface area (Å²) in [7, 11) is 1.17. The van der Waals surface area contributed by atoms with Gasteiger partial charge < -0.3 is 9.47 Å². The van der Waals surface area contributed by atoms with Crippen molar-refractivity contribution < 1.29 is 24.0 Å². The van der Waals surface area contributed by atoms with E-state index < -0.39 is 23.6 Å². The molecule has 0 saturated heterocycles. The molecular formula is C10H9NO6. The first-order chi connectivity index (χ1) is 8.06. The third-order valence-electron chi connectivity index (χ3n) is 1.85. The average molecular weight is 239 g/mol. The zero-order valence-electron chi connectivity index (χ0n) is 8.91. The molecule has 0 atom stereocenters. The van der Waals surface area contributed by atoms with E-state index in [1.807, 2.05) is 0 Å². The van der Waals surface area contributed by atoms with Crippen molar-refractivity contribution in [1.29, 1.82) is 0 Å².